The Labute approximate surface area is 161 Å². The number of guanidine groups is 2. The molecule has 1 aliphatic carbocycles. The highest BCUT2D eigenvalue weighted by Gasteiger charge is 2.42. The van der Waals surface area contributed by atoms with Gasteiger partial charge in [-0.1, -0.05) is 6.42 Å². The second-order valence-electron chi connectivity index (χ2n) is 7.76. The number of rotatable bonds is 3. The molecule has 0 unspecified atom stereocenters. The molecule has 4 N–H and O–H groups in total. The SMILES string of the molecule is COC1CCN(c2ccc(N3C(N)=NC(N)=NC34CCCCC4)cc2)CC1. The molecule has 0 amide bonds. The summed E-state index contributed by atoms with van der Waals surface area (Å²) in [5.74, 6) is 0.737. The van der Waals surface area contributed by atoms with Crippen molar-refractivity contribution >= 4 is 23.3 Å². The van der Waals surface area contributed by atoms with Crippen molar-refractivity contribution in [3.8, 4) is 0 Å². The van der Waals surface area contributed by atoms with Crippen molar-refractivity contribution in [1.29, 1.82) is 0 Å². The minimum absolute atomic E-state index is 0.295. The van der Waals surface area contributed by atoms with E-state index in [0.29, 0.717) is 18.0 Å². The zero-order valence-electron chi connectivity index (χ0n) is 16.1. The van der Waals surface area contributed by atoms with Crippen molar-refractivity contribution in [2.45, 2.75) is 56.7 Å². The Kier molecular flexibility index (Phi) is 4.95. The fourth-order valence-electron chi connectivity index (χ4n) is 4.66. The fourth-order valence-corrected chi connectivity index (χ4v) is 4.66. The average molecular weight is 371 g/mol. The quantitative estimate of drug-likeness (QED) is 0.852. The molecule has 1 aromatic carbocycles. The number of ether oxygens (including phenoxy) is 1. The number of nitrogens with two attached hydrogens (primary N) is 2. The Morgan fingerprint density at radius 3 is 2.26 bits per heavy atom. The Morgan fingerprint density at radius 2 is 1.63 bits per heavy atom. The maximum Gasteiger partial charge on any atom is 0.220 e. The van der Waals surface area contributed by atoms with Crippen LogP contribution in [0.3, 0.4) is 0 Å². The van der Waals surface area contributed by atoms with Gasteiger partial charge < -0.3 is 21.1 Å². The summed E-state index contributed by atoms with van der Waals surface area (Å²) in [7, 11) is 1.80. The number of hydrogen-bond donors (Lipinski definition) is 2. The van der Waals surface area contributed by atoms with Crippen molar-refractivity contribution < 1.29 is 4.74 Å². The van der Waals surface area contributed by atoms with Crippen LogP contribution in [0.4, 0.5) is 11.4 Å². The lowest BCUT2D eigenvalue weighted by Gasteiger charge is -2.45. The van der Waals surface area contributed by atoms with Gasteiger partial charge in [0.2, 0.25) is 11.9 Å². The van der Waals surface area contributed by atoms with Gasteiger partial charge in [-0.25, -0.2) is 4.99 Å². The van der Waals surface area contributed by atoms with Crippen LogP contribution in [0.15, 0.2) is 34.3 Å². The molecule has 7 heteroatoms. The van der Waals surface area contributed by atoms with Gasteiger partial charge in [-0.3, -0.25) is 4.90 Å². The lowest BCUT2D eigenvalue weighted by atomic mass is 9.87. The van der Waals surface area contributed by atoms with E-state index in [1.54, 1.807) is 7.11 Å². The summed E-state index contributed by atoms with van der Waals surface area (Å²) in [5.41, 5.74) is 14.2. The van der Waals surface area contributed by atoms with Crippen molar-refractivity contribution in [2.75, 3.05) is 30.0 Å². The summed E-state index contributed by atoms with van der Waals surface area (Å²) in [6.07, 6.45) is 7.94. The molecule has 1 saturated carbocycles. The number of aliphatic imine (C=N–C) groups is 2. The molecule has 1 spiro atoms. The highest BCUT2D eigenvalue weighted by atomic mass is 16.5. The third-order valence-electron chi connectivity index (χ3n) is 6.10. The molecule has 7 nitrogen and oxygen atoms in total. The van der Waals surface area contributed by atoms with Gasteiger partial charge in [-0.05, 0) is 62.8 Å². The highest BCUT2D eigenvalue weighted by molar-refractivity contribution is 6.05. The number of nitrogens with zero attached hydrogens (tertiary/aromatic N) is 4. The van der Waals surface area contributed by atoms with E-state index in [9.17, 15) is 0 Å². The summed E-state index contributed by atoms with van der Waals surface area (Å²) in [4.78, 5) is 13.5. The zero-order valence-corrected chi connectivity index (χ0v) is 16.1. The predicted molar refractivity (Wildman–Crippen MR) is 110 cm³/mol. The van der Waals surface area contributed by atoms with Gasteiger partial charge in [-0.2, -0.15) is 4.99 Å². The standard InChI is InChI=1S/C20H30N6O/c1-27-17-9-13-25(14-10-17)15-5-7-16(8-6-15)26-19(22)23-18(21)24-20(26)11-3-2-4-12-20/h5-8,17H,2-4,9-14H2,1H3,(H4,21,22,23,24). The molecule has 146 valence electrons. The number of benzene rings is 1. The summed E-state index contributed by atoms with van der Waals surface area (Å²) >= 11 is 0. The van der Waals surface area contributed by atoms with Crippen LogP contribution in [0.25, 0.3) is 0 Å². The second-order valence-corrected chi connectivity index (χ2v) is 7.76. The minimum Gasteiger partial charge on any atom is -0.381 e. The Hall–Kier alpha value is -2.28. The molecule has 0 bridgehead atoms. The van der Waals surface area contributed by atoms with E-state index in [2.05, 4.69) is 39.1 Å². The molecule has 4 rings (SSSR count). The molecule has 3 aliphatic rings. The number of piperidine rings is 1. The van der Waals surface area contributed by atoms with Gasteiger partial charge >= 0.3 is 0 Å². The summed E-state index contributed by atoms with van der Waals surface area (Å²) < 4.78 is 5.47. The molecule has 1 saturated heterocycles. The largest absolute Gasteiger partial charge is 0.381 e. The van der Waals surface area contributed by atoms with Gasteiger partial charge in [0.25, 0.3) is 0 Å². The van der Waals surface area contributed by atoms with Crippen LogP contribution < -0.4 is 21.3 Å². The Balaban J connectivity index is 1.56. The van der Waals surface area contributed by atoms with E-state index in [1.807, 2.05) is 0 Å². The number of hydrogen-bond acceptors (Lipinski definition) is 7. The summed E-state index contributed by atoms with van der Waals surface area (Å²) in [6.45, 7) is 2.05. The van der Waals surface area contributed by atoms with E-state index >= 15 is 0 Å². The van der Waals surface area contributed by atoms with Crippen LogP contribution in [-0.4, -0.2) is 43.9 Å². The summed E-state index contributed by atoms with van der Waals surface area (Å²) in [6, 6.07) is 8.61. The van der Waals surface area contributed by atoms with E-state index in [4.69, 9.17) is 21.2 Å². The highest BCUT2D eigenvalue weighted by Crippen LogP contribution is 2.39. The predicted octanol–water partition coefficient (Wildman–Crippen LogP) is 2.41. The van der Waals surface area contributed by atoms with Crippen LogP contribution in [-0.2, 0) is 4.74 Å². The first-order chi connectivity index (χ1) is 13.1. The van der Waals surface area contributed by atoms with Crippen LogP contribution in [0.2, 0.25) is 0 Å². The number of anilines is 2. The normalized spacial score (nSPS) is 23.3. The second kappa shape index (κ2) is 7.38. The third-order valence-corrected chi connectivity index (χ3v) is 6.10. The van der Waals surface area contributed by atoms with Gasteiger partial charge in [0, 0.05) is 31.6 Å². The van der Waals surface area contributed by atoms with Crippen molar-refractivity contribution in [3.63, 3.8) is 0 Å². The third kappa shape index (κ3) is 3.48. The van der Waals surface area contributed by atoms with Crippen LogP contribution >= 0.6 is 0 Å². The van der Waals surface area contributed by atoms with Gasteiger partial charge in [0.15, 0.2) is 0 Å². The summed E-state index contributed by atoms with van der Waals surface area (Å²) in [5, 5.41) is 0. The smallest absolute Gasteiger partial charge is 0.220 e. The maximum absolute atomic E-state index is 6.31. The molecule has 0 aromatic heterocycles. The molecule has 0 radical (unpaired) electrons. The van der Waals surface area contributed by atoms with E-state index in [-0.39, 0.29) is 5.66 Å². The van der Waals surface area contributed by atoms with Crippen LogP contribution in [0, 0.1) is 0 Å². The lowest BCUT2D eigenvalue weighted by Crippen LogP contribution is -2.58. The van der Waals surface area contributed by atoms with Crippen molar-refractivity contribution in [1.82, 2.24) is 0 Å². The Morgan fingerprint density at radius 1 is 1.00 bits per heavy atom. The molecular weight excluding hydrogens is 340 g/mol. The number of methoxy groups -OCH3 is 1. The molecule has 0 atom stereocenters. The fraction of sp³-hybridized carbons (Fsp3) is 0.600. The van der Waals surface area contributed by atoms with Gasteiger partial charge in [0.05, 0.1) is 6.10 Å². The monoisotopic (exact) mass is 370 g/mol. The van der Waals surface area contributed by atoms with Crippen LogP contribution in [0.1, 0.15) is 44.9 Å². The van der Waals surface area contributed by atoms with E-state index in [1.165, 1.54) is 12.1 Å². The molecule has 2 fully saturated rings. The molecule has 2 heterocycles. The maximum atomic E-state index is 6.31. The van der Waals surface area contributed by atoms with Gasteiger partial charge in [-0.15, -0.1) is 0 Å². The van der Waals surface area contributed by atoms with Crippen LogP contribution in [0.5, 0.6) is 0 Å². The van der Waals surface area contributed by atoms with Crippen molar-refractivity contribution in [2.24, 2.45) is 21.5 Å². The molecular formula is C20H30N6O. The van der Waals surface area contributed by atoms with E-state index in [0.717, 1.165) is 57.3 Å². The van der Waals surface area contributed by atoms with E-state index < -0.39 is 0 Å². The molecule has 1 aromatic rings. The first-order valence-corrected chi connectivity index (χ1v) is 9.99. The first-order valence-electron chi connectivity index (χ1n) is 9.99. The lowest BCUT2D eigenvalue weighted by molar-refractivity contribution is 0.0819. The van der Waals surface area contributed by atoms with Crippen molar-refractivity contribution in [3.05, 3.63) is 24.3 Å². The molecule has 2 aliphatic heterocycles. The minimum atomic E-state index is -0.382. The first kappa shape index (κ1) is 18.1. The zero-order chi connectivity index (χ0) is 18.9. The van der Waals surface area contributed by atoms with Gasteiger partial charge in [0.1, 0.15) is 5.66 Å². The average Bonchev–Trinajstić information content (AvgIpc) is 2.68. The topological polar surface area (TPSA) is 92.5 Å². The Bertz CT molecular complexity index is 714. The molecule has 27 heavy (non-hydrogen) atoms.